The third-order valence-electron chi connectivity index (χ3n) is 5.56. The van der Waals surface area contributed by atoms with Crippen LogP contribution in [0.5, 0.6) is 0 Å². The molecule has 0 amide bonds. The maximum Gasteiger partial charge on any atom is 0.198 e. The van der Waals surface area contributed by atoms with E-state index in [2.05, 4.69) is 27.0 Å². The Kier molecular flexibility index (Phi) is 3.94. The molecule has 6 nitrogen and oxygen atoms in total. The highest BCUT2D eigenvalue weighted by Crippen LogP contribution is 2.32. The van der Waals surface area contributed by atoms with Gasteiger partial charge < -0.3 is 9.32 Å². The van der Waals surface area contributed by atoms with E-state index in [1.807, 2.05) is 32.2 Å². The van der Waals surface area contributed by atoms with Crippen LogP contribution in [0.15, 0.2) is 28.8 Å². The lowest BCUT2D eigenvalue weighted by Crippen LogP contribution is -2.29. The second kappa shape index (κ2) is 6.38. The molecule has 1 aromatic carbocycles. The first kappa shape index (κ1) is 17.3. The zero-order valence-electron chi connectivity index (χ0n) is 16.2. The van der Waals surface area contributed by atoms with E-state index in [1.165, 1.54) is 6.07 Å². The largest absolute Gasteiger partial charge is 0.440 e. The maximum atomic E-state index is 14.8. The Hall–Kier alpha value is -2.80. The molecule has 0 saturated carbocycles. The van der Waals surface area contributed by atoms with E-state index >= 15 is 0 Å². The predicted molar refractivity (Wildman–Crippen MR) is 105 cm³/mol. The number of hydrogen-bond donors (Lipinski definition) is 0. The fraction of sp³-hybridized carbons (Fsp3) is 0.381. The molecule has 1 fully saturated rings. The summed E-state index contributed by atoms with van der Waals surface area (Å²) in [6, 6.07) is 5.25. The van der Waals surface area contributed by atoms with E-state index in [0.717, 1.165) is 42.8 Å². The molecule has 0 spiro atoms. The molecule has 1 saturated heterocycles. The Balaban J connectivity index is 1.57. The molecule has 0 unspecified atom stereocenters. The minimum absolute atomic E-state index is 0.247. The van der Waals surface area contributed by atoms with Crippen LogP contribution in [0, 0.1) is 19.7 Å². The van der Waals surface area contributed by atoms with Gasteiger partial charge in [-0.25, -0.2) is 18.9 Å². The van der Waals surface area contributed by atoms with Crippen molar-refractivity contribution in [3.8, 4) is 11.3 Å². The van der Waals surface area contributed by atoms with Crippen molar-refractivity contribution in [3.05, 3.63) is 47.4 Å². The number of oxazole rings is 1. The van der Waals surface area contributed by atoms with Crippen LogP contribution in [0.25, 0.3) is 28.0 Å². The van der Waals surface area contributed by atoms with E-state index < -0.39 is 0 Å². The molecule has 0 aliphatic carbocycles. The summed E-state index contributed by atoms with van der Waals surface area (Å²) >= 11 is 0. The Bertz CT molecular complexity index is 1190. The van der Waals surface area contributed by atoms with Gasteiger partial charge in [-0.05, 0) is 70.6 Å². The summed E-state index contributed by atoms with van der Waals surface area (Å²) in [7, 11) is 2.11. The topological polar surface area (TPSA) is 59.5 Å². The molecule has 3 aromatic heterocycles. The standard InChI is InChI=1S/C21H22FN5O/c1-12-8-17(25-27-11-13(2)23-20(12)27)15-9-16(22)19-18(10-15)28-21(24-19)14-4-6-26(3)7-5-14/h8-11,14H,4-7H2,1-3H3. The predicted octanol–water partition coefficient (Wildman–Crippen LogP) is 4.10. The van der Waals surface area contributed by atoms with Gasteiger partial charge in [-0.2, -0.15) is 5.10 Å². The molecule has 1 aliphatic rings. The van der Waals surface area contributed by atoms with Gasteiger partial charge in [-0.1, -0.05) is 0 Å². The Labute approximate surface area is 162 Å². The lowest BCUT2D eigenvalue weighted by molar-refractivity contribution is 0.239. The maximum absolute atomic E-state index is 14.8. The van der Waals surface area contributed by atoms with Crippen LogP contribution >= 0.6 is 0 Å². The molecule has 144 valence electrons. The summed E-state index contributed by atoms with van der Waals surface area (Å²) in [5.74, 6) is 0.512. The van der Waals surface area contributed by atoms with E-state index in [-0.39, 0.29) is 11.7 Å². The number of fused-ring (bicyclic) bond motifs is 2. The molecule has 4 aromatic rings. The summed E-state index contributed by atoms with van der Waals surface area (Å²) < 4.78 is 22.5. The van der Waals surface area contributed by atoms with E-state index in [9.17, 15) is 4.39 Å². The Morgan fingerprint density at radius 1 is 1.11 bits per heavy atom. The van der Waals surface area contributed by atoms with Crippen molar-refractivity contribution < 1.29 is 8.81 Å². The van der Waals surface area contributed by atoms with Crippen LogP contribution in [0.1, 0.15) is 35.9 Å². The SMILES string of the molecule is Cc1cn2nc(-c3cc(F)c4nc(C5CCN(C)CC5)oc4c3)cc(C)c2n1. The smallest absolute Gasteiger partial charge is 0.198 e. The van der Waals surface area contributed by atoms with E-state index in [0.29, 0.717) is 28.2 Å². The minimum Gasteiger partial charge on any atom is -0.440 e. The Morgan fingerprint density at radius 3 is 2.68 bits per heavy atom. The van der Waals surface area contributed by atoms with Gasteiger partial charge in [0.05, 0.1) is 17.6 Å². The number of benzene rings is 1. The lowest BCUT2D eigenvalue weighted by Gasteiger charge is -2.26. The van der Waals surface area contributed by atoms with Crippen molar-refractivity contribution in [2.45, 2.75) is 32.6 Å². The zero-order chi connectivity index (χ0) is 19.4. The van der Waals surface area contributed by atoms with Gasteiger partial charge in [0, 0.05) is 11.5 Å². The second-order valence-electron chi connectivity index (χ2n) is 7.80. The number of likely N-dealkylation sites (tertiary alicyclic amines) is 1. The number of piperidine rings is 1. The number of halogens is 1. The highest BCUT2D eigenvalue weighted by atomic mass is 19.1. The van der Waals surface area contributed by atoms with Crippen LogP contribution in [0.3, 0.4) is 0 Å². The van der Waals surface area contributed by atoms with Crippen LogP contribution in [-0.2, 0) is 0 Å². The molecular formula is C21H22FN5O. The number of hydrogen-bond acceptors (Lipinski definition) is 5. The van der Waals surface area contributed by atoms with Crippen LogP contribution in [0.4, 0.5) is 4.39 Å². The van der Waals surface area contributed by atoms with Gasteiger partial charge >= 0.3 is 0 Å². The van der Waals surface area contributed by atoms with Crippen LogP contribution in [0.2, 0.25) is 0 Å². The second-order valence-corrected chi connectivity index (χ2v) is 7.80. The van der Waals surface area contributed by atoms with Crippen molar-refractivity contribution in [1.29, 1.82) is 0 Å². The van der Waals surface area contributed by atoms with Gasteiger partial charge in [0.2, 0.25) is 0 Å². The summed E-state index contributed by atoms with van der Waals surface area (Å²) in [6.07, 6.45) is 3.83. The number of aryl methyl sites for hydroxylation is 2. The van der Waals surface area contributed by atoms with Crippen molar-refractivity contribution in [3.63, 3.8) is 0 Å². The molecule has 7 heteroatoms. The summed E-state index contributed by atoms with van der Waals surface area (Å²) in [6.45, 7) is 5.92. The molecule has 5 rings (SSSR count). The van der Waals surface area contributed by atoms with Gasteiger partial charge in [0.15, 0.2) is 22.9 Å². The van der Waals surface area contributed by atoms with Crippen molar-refractivity contribution >= 4 is 16.7 Å². The number of aromatic nitrogens is 4. The van der Waals surface area contributed by atoms with Gasteiger partial charge in [-0.3, -0.25) is 0 Å². The zero-order valence-corrected chi connectivity index (χ0v) is 16.2. The highest BCUT2D eigenvalue weighted by Gasteiger charge is 2.24. The monoisotopic (exact) mass is 379 g/mol. The molecule has 0 N–H and O–H groups in total. The average molecular weight is 379 g/mol. The third-order valence-corrected chi connectivity index (χ3v) is 5.56. The summed E-state index contributed by atoms with van der Waals surface area (Å²) in [5, 5.41) is 4.60. The molecule has 0 radical (unpaired) electrons. The summed E-state index contributed by atoms with van der Waals surface area (Å²) in [4.78, 5) is 11.2. The van der Waals surface area contributed by atoms with E-state index in [1.54, 1.807) is 4.52 Å². The summed E-state index contributed by atoms with van der Waals surface area (Å²) in [5.41, 5.74) is 4.83. The van der Waals surface area contributed by atoms with Crippen molar-refractivity contribution in [2.75, 3.05) is 20.1 Å². The number of nitrogens with zero attached hydrogens (tertiary/aromatic N) is 5. The first-order chi connectivity index (χ1) is 13.5. The van der Waals surface area contributed by atoms with Gasteiger partial charge in [0.25, 0.3) is 0 Å². The quantitative estimate of drug-likeness (QED) is 0.525. The first-order valence-electron chi connectivity index (χ1n) is 9.60. The number of imidazole rings is 1. The van der Waals surface area contributed by atoms with Gasteiger partial charge in [-0.15, -0.1) is 0 Å². The van der Waals surface area contributed by atoms with Crippen molar-refractivity contribution in [1.82, 2.24) is 24.5 Å². The molecule has 0 bridgehead atoms. The molecule has 1 aliphatic heterocycles. The lowest BCUT2D eigenvalue weighted by atomic mass is 9.97. The molecule has 28 heavy (non-hydrogen) atoms. The molecule has 4 heterocycles. The van der Waals surface area contributed by atoms with Crippen LogP contribution < -0.4 is 0 Å². The number of rotatable bonds is 2. The third kappa shape index (κ3) is 2.86. The van der Waals surface area contributed by atoms with Crippen LogP contribution in [-0.4, -0.2) is 44.6 Å². The highest BCUT2D eigenvalue weighted by molar-refractivity contribution is 5.80. The van der Waals surface area contributed by atoms with Gasteiger partial charge in [0.1, 0.15) is 5.52 Å². The average Bonchev–Trinajstić information content (AvgIpc) is 3.26. The normalized spacial score (nSPS) is 16.4. The minimum atomic E-state index is -0.378. The molecular weight excluding hydrogens is 357 g/mol. The first-order valence-corrected chi connectivity index (χ1v) is 9.60. The van der Waals surface area contributed by atoms with E-state index in [4.69, 9.17) is 4.42 Å². The molecule has 0 atom stereocenters. The van der Waals surface area contributed by atoms with Crippen molar-refractivity contribution in [2.24, 2.45) is 0 Å². The Morgan fingerprint density at radius 2 is 1.89 bits per heavy atom. The fourth-order valence-electron chi connectivity index (χ4n) is 3.97. The fourth-order valence-corrected chi connectivity index (χ4v) is 3.97.